The van der Waals surface area contributed by atoms with E-state index in [2.05, 4.69) is 0 Å². The first-order chi connectivity index (χ1) is 13.8. The third-order valence-electron chi connectivity index (χ3n) is 5.35. The summed E-state index contributed by atoms with van der Waals surface area (Å²) in [4.78, 5) is 25.6. The normalized spacial score (nSPS) is 26.2. The number of ether oxygens (including phenoxy) is 2. The lowest BCUT2D eigenvalue weighted by atomic mass is 9.82. The molecule has 2 aromatic rings. The highest BCUT2D eigenvalue weighted by molar-refractivity contribution is 6.30. The highest BCUT2D eigenvalue weighted by Crippen LogP contribution is 2.37. The van der Waals surface area contributed by atoms with Crippen LogP contribution in [0.5, 0.6) is 11.5 Å². The van der Waals surface area contributed by atoms with E-state index in [1.54, 1.807) is 6.92 Å². The van der Waals surface area contributed by atoms with E-state index in [4.69, 9.17) is 15.2 Å². The molecule has 29 heavy (non-hydrogen) atoms. The summed E-state index contributed by atoms with van der Waals surface area (Å²) in [6.07, 6.45) is -1.60. The van der Waals surface area contributed by atoms with Gasteiger partial charge in [0.2, 0.25) is 5.78 Å². The molecular formula is C21H21NO7. The van der Waals surface area contributed by atoms with Crippen molar-refractivity contribution >= 4 is 11.6 Å². The lowest BCUT2D eigenvalue weighted by molar-refractivity contribution is -0.226. The van der Waals surface area contributed by atoms with Crippen molar-refractivity contribution in [1.82, 2.24) is 0 Å². The van der Waals surface area contributed by atoms with Crippen molar-refractivity contribution in [1.29, 1.82) is 0 Å². The Balaban J connectivity index is 1.60. The average Bonchev–Trinajstić information content (AvgIpc) is 2.68. The fourth-order valence-electron chi connectivity index (χ4n) is 3.81. The number of ketones is 2. The van der Waals surface area contributed by atoms with Crippen LogP contribution in [0.1, 0.15) is 50.8 Å². The van der Waals surface area contributed by atoms with Gasteiger partial charge in [0, 0.05) is 23.6 Å². The van der Waals surface area contributed by atoms with Crippen LogP contribution in [0.3, 0.4) is 0 Å². The molecule has 152 valence electrons. The molecule has 1 fully saturated rings. The van der Waals surface area contributed by atoms with Crippen molar-refractivity contribution < 1.29 is 34.4 Å². The van der Waals surface area contributed by atoms with Crippen molar-refractivity contribution in [3.8, 4) is 11.5 Å². The molecule has 1 saturated heterocycles. The third-order valence-corrected chi connectivity index (χ3v) is 5.35. The number of phenols is 2. The Bertz CT molecular complexity index is 991. The molecule has 0 unspecified atom stereocenters. The summed E-state index contributed by atoms with van der Waals surface area (Å²) in [5.41, 5.74) is 6.25. The lowest BCUT2D eigenvalue weighted by Gasteiger charge is -2.35. The minimum atomic E-state index is -0.775. The summed E-state index contributed by atoms with van der Waals surface area (Å²) in [6.45, 7) is 1.71. The van der Waals surface area contributed by atoms with Gasteiger partial charge in [-0.2, -0.15) is 0 Å². The first kappa shape index (κ1) is 19.5. The molecule has 4 rings (SSSR count). The number of phenolic OH excluding ortho intramolecular Hbond substituents is 2. The molecule has 0 radical (unpaired) electrons. The van der Waals surface area contributed by atoms with E-state index in [9.17, 15) is 24.9 Å². The minimum absolute atomic E-state index is 0.00933. The number of aliphatic hydroxyl groups is 1. The molecule has 0 saturated carbocycles. The van der Waals surface area contributed by atoms with Gasteiger partial charge in [0.1, 0.15) is 11.5 Å². The molecule has 5 N–H and O–H groups in total. The van der Waals surface area contributed by atoms with Crippen LogP contribution >= 0.6 is 0 Å². The molecule has 1 aliphatic carbocycles. The van der Waals surface area contributed by atoms with Crippen molar-refractivity contribution in [2.45, 2.75) is 44.5 Å². The number of hydrogen-bond donors (Lipinski definition) is 4. The smallest absolute Gasteiger partial charge is 0.201 e. The van der Waals surface area contributed by atoms with Gasteiger partial charge in [-0.3, -0.25) is 9.59 Å². The number of benzene rings is 2. The molecule has 0 amide bonds. The van der Waals surface area contributed by atoms with Crippen LogP contribution in [0.2, 0.25) is 0 Å². The summed E-state index contributed by atoms with van der Waals surface area (Å²) >= 11 is 0. The van der Waals surface area contributed by atoms with Crippen LogP contribution in [0, 0.1) is 0 Å². The molecule has 8 heteroatoms. The van der Waals surface area contributed by atoms with Crippen LogP contribution in [-0.4, -0.2) is 51.4 Å². The third kappa shape index (κ3) is 3.30. The fourth-order valence-corrected chi connectivity index (χ4v) is 3.81. The zero-order valence-corrected chi connectivity index (χ0v) is 15.7. The number of carbonyl (C=O) groups excluding carboxylic acids is 2. The van der Waals surface area contributed by atoms with Crippen molar-refractivity contribution in [3.63, 3.8) is 0 Å². The van der Waals surface area contributed by atoms with Gasteiger partial charge in [0.25, 0.3) is 0 Å². The standard InChI is InChI=1S/C21H21NO7/c1-9-19(25)13(22)7-16(29-9)28-8-10-5-12-18(15(24)6-10)21(27)17-11(20(12)26)3-2-4-14(17)23/h2-6,9,13,16,19,23-25H,7-8,22H2,1H3/t9-,13+,16+,19-/m0/s1. The molecule has 0 aromatic heterocycles. The summed E-state index contributed by atoms with van der Waals surface area (Å²) in [6, 6.07) is 6.61. The molecule has 2 aromatic carbocycles. The number of nitrogens with two attached hydrogens (primary N) is 1. The first-order valence-electron chi connectivity index (χ1n) is 9.26. The Morgan fingerprint density at radius 2 is 1.83 bits per heavy atom. The first-order valence-corrected chi connectivity index (χ1v) is 9.26. The van der Waals surface area contributed by atoms with Crippen molar-refractivity contribution in [3.05, 3.63) is 58.1 Å². The van der Waals surface area contributed by atoms with E-state index < -0.39 is 36.1 Å². The van der Waals surface area contributed by atoms with E-state index in [-0.39, 0.29) is 40.4 Å². The van der Waals surface area contributed by atoms with Gasteiger partial charge >= 0.3 is 0 Å². The molecule has 1 heterocycles. The predicted molar refractivity (Wildman–Crippen MR) is 101 cm³/mol. The minimum Gasteiger partial charge on any atom is -0.507 e. The molecule has 0 bridgehead atoms. The van der Waals surface area contributed by atoms with Crippen LogP contribution in [-0.2, 0) is 16.1 Å². The van der Waals surface area contributed by atoms with Gasteiger partial charge in [-0.25, -0.2) is 0 Å². The second-order valence-corrected chi connectivity index (χ2v) is 7.37. The van der Waals surface area contributed by atoms with Crippen LogP contribution in [0.4, 0.5) is 0 Å². The van der Waals surface area contributed by atoms with Gasteiger partial charge in [-0.05, 0) is 30.7 Å². The Kier molecular flexibility index (Phi) is 4.87. The van der Waals surface area contributed by atoms with E-state index in [1.165, 1.54) is 30.3 Å². The predicted octanol–water partition coefficient (Wildman–Crippen LogP) is 1.21. The summed E-state index contributed by atoms with van der Waals surface area (Å²) < 4.78 is 11.3. The zero-order valence-electron chi connectivity index (χ0n) is 15.7. The second-order valence-electron chi connectivity index (χ2n) is 7.37. The Morgan fingerprint density at radius 1 is 1.10 bits per heavy atom. The summed E-state index contributed by atoms with van der Waals surface area (Å²) in [7, 11) is 0. The lowest BCUT2D eigenvalue weighted by Crippen LogP contribution is -2.51. The monoisotopic (exact) mass is 399 g/mol. The largest absolute Gasteiger partial charge is 0.507 e. The maximum absolute atomic E-state index is 12.9. The maximum atomic E-state index is 12.9. The van der Waals surface area contributed by atoms with Gasteiger partial charge in [0.15, 0.2) is 12.1 Å². The number of aromatic hydroxyl groups is 2. The van der Waals surface area contributed by atoms with E-state index >= 15 is 0 Å². The topological polar surface area (TPSA) is 139 Å². The summed E-state index contributed by atoms with van der Waals surface area (Å²) in [5, 5.41) is 30.2. The van der Waals surface area contributed by atoms with E-state index in [1.807, 2.05) is 0 Å². The Morgan fingerprint density at radius 3 is 2.55 bits per heavy atom. The quantitative estimate of drug-likeness (QED) is 0.515. The van der Waals surface area contributed by atoms with E-state index in [0.29, 0.717) is 12.0 Å². The molecular weight excluding hydrogens is 378 g/mol. The van der Waals surface area contributed by atoms with Crippen LogP contribution < -0.4 is 5.73 Å². The van der Waals surface area contributed by atoms with Crippen LogP contribution in [0.25, 0.3) is 0 Å². The van der Waals surface area contributed by atoms with Gasteiger partial charge < -0.3 is 30.5 Å². The van der Waals surface area contributed by atoms with Gasteiger partial charge in [-0.1, -0.05) is 12.1 Å². The Labute approximate surface area is 166 Å². The number of aliphatic hydroxyl groups excluding tert-OH is 1. The SMILES string of the molecule is C[C@@H]1O[C@@H](OCc2cc(O)c3c(c2)C(=O)c2cccc(O)c2C3=O)C[C@@H](N)[C@H]1O. The number of rotatable bonds is 3. The number of fused-ring (bicyclic) bond motifs is 2. The van der Waals surface area contributed by atoms with Crippen molar-refractivity contribution in [2.24, 2.45) is 5.73 Å². The molecule has 1 aliphatic heterocycles. The van der Waals surface area contributed by atoms with Crippen LogP contribution in [0.15, 0.2) is 30.3 Å². The number of hydrogen-bond acceptors (Lipinski definition) is 8. The number of carbonyl (C=O) groups is 2. The molecule has 4 atom stereocenters. The zero-order chi connectivity index (χ0) is 20.9. The second kappa shape index (κ2) is 7.23. The molecule has 8 nitrogen and oxygen atoms in total. The van der Waals surface area contributed by atoms with Gasteiger partial charge in [-0.15, -0.1) is 0 Å². The molecule has 0 spiro atoms. The van der Waals surface area contributed by atoms with Crippen molar-refractivity contribution in [2.75, 3.05) is 0 Å². The average molecular weight is 399 g/mol. The molecule has 2 aliphatic rings. The van der Waals surface area contributed by atoms with Gasteiger partial charge in [0.05, 0.1) is 29.9 Å². The highest BCUT2D eigenvalue weighted by atomic mass is 16.7. The van der Waals surface area contributed by atoms with E-state index in [0.717, 1.165) is 0 Å². The fraction of sp³-hybridized carbons (Fsp3) is 0.333. The highest BCUT2D eigenvalue weighted by Gasteiger charge is 2.35. The maximum Gasteiger partial charge on any atom is 0.201 e. The summed E-state index contributed by atoms with van der Waals surface area (Å²) in [5.74, 6) is -1.74. The Hall–Kier alpha value is -2.78.